The molecule has 1 aromatic heterocycles. The summed E-state index contributed by atoms with van der Waals surface area (Å²) in [4.78, 5) is 11.6. The van der Waals surface area contributed by atoms with Crippen LogP contribution in [-0.2, 0) is 6.54 Å². The number of para-hydroxylation sites is 1. The van der Waals surface area contributed by atoms with Gasteiger partial charge in [-0.1, -0.05) is 12.1 Å². The number of ether oxygens (including phenoxy) is 3. The van der Waals surface area contributed by atoms with Crippen molar-refractivity contribution < 1.29 is 14.2 Å². The zero-order valence-electron chi connectivity index (χ0n) is 22.1. The molecule has 194 valence electrons. The van der Waals surface area contributed by atoms with Crippen molar-refractivity contribution in [1.82, 2.24) is 15.3 Å². The minimum absolute atomic E-state index is 0.644. The Balaban J connectivity index is 1.25. The average Bonchev–Trinajstić information content (AvgIpc) is 2.91. The SMILES string of the molecule is COc1cc(OC)c(OC)cc1CNCC1CCC(CNc2nc(N(C)C)c3ccccc3n2)CC1. The van der Waals surface area contributed by atoms with E-state index in [9.17, 15) is 0 Å². The molecule has 0 unspecified atom stereocenters. The van der Waals surface area contributed by atoms with Gasteiger partial charge in [0, 0.05) is 44.2 Å². The molecular formula is C28H39N5O3. The topological polar surface area (TPSA) is 80.8 Å². The third-order valence-corrected chi connectivity index (χ3v) is 7.06. The highest BCUT2D eigenvalue weighted by atomic mass is 16.5. The van der Waals surface area contributed by atoms with Crippen LogP contribution in [0.1, 0.15) is 31.2 Å². The van der Waals surface area contributed by atoms with Gasteiger partial charge >= 0.3 is 0 Å². The van der Waals surface area contributed by atoms with Crippen molar-refractivity contribution in [3.05, 3.63) is 42.0 Å². The third kappa shape index (κ3) is 6.10. The van der Waals surface area contributed by atoms with Gasteiger partial charge in [-0.25, -0.2) is 4.98 Å². The van der Waals surface area contributed by atoms with Gasteiger partial charge in [-0.3, -0.25) is 0 Å². The van der Waals surface area contributed by atoms with Gasteiger partial charge < -0.3 is 29.7 Å². The molecule has 0 amide bonds. The number of benzene rings is 2. The standard InChI is InChI=1S/C28H39N5O3/c1-33(2)27-22-8-6-7-9-23(22)31-28(32-27)30-17-20-12-10-19(11-13-20)16-29-18-21-14-25(35-4)26(36-5)15-24(21)34-3/h6-9,14-15,19-20,29H,10-13,16-18H2,1-5H3,(H,30,31,32). The van der Waals surface area contributed by atoms with Crippen LogP contribution in [0.25, 0.3) is 10.9 Å². The number of hydrogen-bond acceptors (Lipinski definition) is 8. The van der Waals surface area contributed by atoms with Gasteiger partial charge in [0.05, 0.1) is 26.8 Å². The van der Waals surface area contributed by atoms with Crippen LogP contribution in [0, 0.1) is 11.8 Å². The summed E-state index contributed by atoms with van der Waals surface area (Å²) < 4.78 is 16.4. The predicted molar refractivity (Wildman–Crippen MR) is 146 cm³/mol. The third-order valence-electron chi connectivity index (χ3n) is 7.06. The zero-order valence-corrected chi connectivity index (χ0v) is 22.1. The highest BCUT2D eigenvalue weighted by molar-refractivity contribution is 5.90. The van der Waals surface area contributed by atoms with E-state index in [1.807, 2.05) is 49.3 Å². The predicted octanol–water partition coefficient (Wildman–Crippen LogP) is 4.73. The lowest BCUT2D eigenvalue weighted by Crippen LogP contribution is -2.28. The fraction of sp³-hybridized carbons (Fsp3) is 0.500. The van der Waals surface area contributed by atoms with Crippen molar-refractivity contribution in [3.8, 4) is 17.2 Å². The van der Waals surface area contributed by atoms with E-state index in [0.29, 0.717) is 23.5 Å². The minimum atomic E-state index is 0.644. The van der Waals surface area contributed by atoms with Gasteiger partial charge in [0.15, 0.2) is 11.5 Å². The summed E-state index contributed by atoms with van der Waals surface area (Å²) in [5.41, 5.74) is 2.04. The molecule has 0 spiro atoms. The van der Waals surface area contributed by atoms with Gasteiger partial charge in [-0.05, 0) is 62.3 Å². The molecular weight excluding hydrogens is 454 g/mol. The quantitative estimate of drug-likeness (QED) is 0.397. The maximum atomic E-state index is 5.56. The summed E-state index contributed by atoms with van der Waals surface area (Å²) in [6.45, 7) is 2.64. The molecule has 36 heavy (non-hydrogen) atoms. The summed E-state index contributed by atoms with van der Waals surface area (Å²) in [7, 11) is 9.02. The lowest BCUT2D eigenvalue weighted by Gasteiger charge is -2.29. The first-order valence-corrected chi connectivity index (χ1v) is 12.7. The molecule has 1 heterocycles. The molecule has 8 heteroatoms. The lowest BCUT2D eigenvalue weighted by molar-refractivity contribution is 0.275. The minimum Gasteiger partial charge on any atom is -0.496 e. The number of hydrogen-bond donors (Lipinski definition) is 2. The van der Waals surface area contributed by atoms with Crippen molar-refractivity contribution in [2.45, 2.75) is 32.2 Å². The van der Waals surface area contributed by atoms with E-state index in [1.165, 1.54) is 25.7 Å². The molecule has 0 atom stereocenters. The highest BCUT2D eigenvalue weighted by Crippen LogP contribution is 2.35. The van der Waals surface area contributed by atoms with Gasteiger partial charge in [-0.15, -0.1) is 0 Å². The number of anilines is 2. The Kier molecular flexibility index (Phi) is 8.70. The summed E-state index contributed by atoms with van der Waals surface area (Å²) >= 11 is 0. The fourth-order valence-corrected chi connectivity index (χ4v) is 5.00. The average molecular weight is 494 g/mol. The molecule has 0 bridgehead atoms. The van der Waals surface area contributed by atoms with Crippen LogP contribution in [0.2, 0.25) is 0 Å². The molecule has 2 N–H and O–H groups in total. The van der Waals surface area contributed by atoms with Crippen molar-refractivity contribution in [2.75, 3.05) is 58.7 Å². The Morgan fingerprint density at radius 2 is 1.47 bits per heavy atom. The van der Waals surface area contributed by atoms with Crippen molar-refractivity contribution in [3.63, 3.8) is 0 Å². The zero-order chi connectivity index (χ0) is 25.5. The summed E-state index contributed by atoms with van der Waals surface area (Å²) in [6.07, 6.45) is 4.88. The summed E-state index contributed by atoms with van der Waals surface area (Å²) in [5.74, 6) is 5.19. The maximum Gasteiger partial charge on any atom is 0.225 e. The molecule has 8 nitrogen and oxygen atoms in total. The van der Waals surface area contributed by atoms with E-state index in [4.69, 9.17) is 24.2 Å². The Morgan fingerprint density at radius 1 is 0.833 bits per heavy atom. The molecule has 0 radical (unpaired) electrons. The van der Waals surface area contributed by atoms with Crippen LogP contribution in [0.4, 0.5) is 11.8 Å². The largest absolute Gasteiger partial charge is 0.496 e. The van der Waals surface area contributed by atoms with E-state index < -0.39 is 0 Å². The molecule has 1 aliphatic rings. The first-order valence-electron chi connectivity index (χ1n) is 12.7. The monoisotopic (exact) mass is 493 g/mol. The molecule has 2 aromatic carbocycles. The Morgan fingerprint density at radius 3 is 2.14 bits per heavy atom. The number of fused-ring (bicyclic) bond motifs is 1. The Hall–Kier alpha value is -3.26. The lowest BCUT2D eigenvalue weighted by atomic mass is 9.82. The van der Waals surface area contributed by atoms with Crippen molar-refractivity contribution in [1.29, 1.82) is 0 Å². The second-order valence-corrected chi connectivity index (χ2v) is 9.70. The van der Waals surface area contributed by atoms with Gasteiger partial charge in [0.25, 0.3) is 0 Å². The fourth-order valence-electron chi connectivity index (χ4n) is 5.00. The molecule has 1 fully saturated rings. The molecule has 3 aromatic rings. The second-order valence-electron chi connectivity index (χ2n) is 9.70. The number of nitrogens with one attached hydrogen (secondary N) is 2. The van der Waals surface area contributed by atoms with Crippen LogP contribution in [0.5, 0.6) is 17.2 Å². The van der Waals surface area contributed by atoms with Crippen LogP contribution in [0.15, 0.2) is 36.4 Å². The molecule has 4 rings (SSSR count). The maximum absolute atomic E-state index is 5.56. The summed E-state index contributed by atoms with van der Waals surface area (Å²) in [5, 5.41) is 8.21. The molecule has 1 saturated carbocycles. The van der Waals surface area contributed by atoms with E-state index in [0.717, 1.165) is 53.4 Å². The Labute approximate surface area is 214 Å². The van der Waals surface area contributed by atoms with E-state index in [-0.39, 0.29) is 0 Å². The number of rotatable bonds is 11. The smallest absolute Gasteiger partial charge is 0.225 e. The van der Waals surface area contributed by atoms with Crippen LogP contribution in [-0.4, -0.2) is 58.5 Å². The van der Waals surface area contributed by atoms with Gasteiger partial charge in [-0.2, -0.15) is 4.98 Å². The van der Waals surface area contributed by atoms with Gasteiger partial charge in [0.1, 0.15) is 11.6 Å². The Bertz CT molecular complexity index is 1150. The number of methoxy groups -OCH3 is 3. The second kappa shape index (κ2) is 12.1. The van der Waals surface area contributed by atoms with E-state index >= 15 is 0 Å². The van der Waals surface area contributed by atoms with E-state index in [1.54, 1.807) is 21.3 Å². The van der Waals surface area contributed by atoms with E-state index in [2.05, 4.69) is 16.7 Å². The van der Waals surface area contributed by atoms with Crippen molar-refractivity contribution in [2.24, 2.45) is 11.8 Å². The normalized spacial score (nSPS) is 17.6. The number of aromatic nitrogens is 2. The van der Waals surface area contributed by atoms with Crippen LogP contribution in [0.3, 0.4) is 0 Å². The summed E-state index contributed by atoms with van der Waals surface area (Å²) in [6, 6.07) is 12.0. The van der Waals surface area contributed by atoms with Crippen LogP contribution < -0.4 is 29.7 Å². The highest BCUT2D eigenvalue weighted by Gasteiger charge is 2.22. The van der Waals surface area contributed by atoms with Crippen LogP contribution >= 0.6 is 0 Å². The first-order chi connectivity index (χ1) is 17.5. The first kappa shape index (κ1) is 25.8. The molecule has 0 saturated heterocycles. The number of nitrogens with zero attached hydrogens (tertiary/aromatic N) is 3. The van der Waals surface area contributed by atoms with Gasteiger partial charge in [0.2, 0.25) is 5.95 Å². The molecule has 0 aliphatic heterocycles. The molecule has 1 aliphatic carbocycles. The van der Waals surface area contributed by atoms with Crippen molar-refractivity contribution >= 4 is 22.7 Å².